The summed E-state index contributed by atoms with van der Waals surface area (Å²) in [4.78, 5) is 35.6. The van der Waals surface area contributed by atoms with Crippen LogP contribution in [0.15, 0.2) is 41.7 Å². The minimum atomic E-state index is -2.29. The fourth-order valence-electron chi connectivity index (χ4n) is 4.21. The van der Waals surface area contributed by atoms with Crippen LogP contribution < -0.4 is 5.32 Å². The van der Waals surface area contributed by atoms with Crippen LogP contribution in [0, 0.1) is 4.91 Å². The number of hydrogen-bond donors (Lipinski definition) is 4. The molecule has 1 aliphatic rings. The molecule has 3 rings (SSSR count). The zero-order chi connectivity index (χ0) is 27.7. The van der Waals surface area contributed by atoms with E-state index < -0.39 is 54.5 Å². The highest BCUT2D eigenvalue weighted by atomic mass is 32.2. The van der Waals surface area contributed by atoms with Gasteiger partial charge in [-0.1, -0.05) is 42.5 Å². The number of ether oxygens (including phenoxy) is 2. The van der Waals surface area contributed by atoms with Crippen LogP contribution in [0.2, 0.25) is 0 Å². The summed E-state index contributed by atoms with van der Waals surface area (Å²) in [6, 6.07) is 8.00. The van der Waals surface area contributed by atoms with Crippen LogP contribution in [0.3, 0.4) is 0 Å². The molecule has 6 unspecified atom stereocenters. The lowest BCUT2D eigenvalue weighted by atomic mass is 9.88. The Hall–Kier alpha value is -2.75. The Kier molecular flexibility index (Phi) is 10.9. The molecule has 0 radical (unpaired) electrons. The second-order valence-electron chi connectivity index (χ2n) is 8.88. The summed E-state index contributed by atoms with van der Waals surface area (Å²) in [7, 11) is 0. The van der Waals surface area contributed by atoms with Gasteiger partial charge in [-0.15, -0.1) is 10.0 Å². The van der Waals surface area contributed by atoms with Gasteiger partial charge < -0.3 is 30.1 Å². The topological polar surface area (TPSA) is 185 Å². The number of hydrogen-bond acceptors (Lipinski definition) is 11. The standard InChI is InChI=1S/C24H33N5O8S/c1-3-38-11-7-10-36-24(23(34)27-35)12-18(31)20(25-15(2)30)22(37-24)21(33)19(32)14-29-13-17(26-28-29)16-8-5-4-6-9-16/h4-6,8-9,13,18-22,31-33H,3,7,10-12,14H2,1-2H3,(H,25,30). The first-order valence-corrected chi connectivity index (χ1v) is 13.4. The molecule has 0 bridgehead atoms. The Morgan fingerprint density at radius 1 is 1.34 bits per heavy atom. The van der Waals surface area contributed by atoms with Crippen molar-refractivity contribution in [3.8, 4) is 11.3 Å². The molecule has 4 N–H and O–H groups in total. The number of thioether (sulfide) groups is 1. The van der Waals surface area contributed by atoms with E-state index in [-0.39, 0.29) is 13.2 Å². The van der Waals surface area contributed by atoms with E-state index in [0.717, 1.165) is 17.1 Å². The first-order chi connectivity index (χ1) is 18.2. The maximum atomic E-state index is 12.6. The van der Waals surface area contributed by atoms with E-state index in [9.17, 15) is 29.8 Å². The van der Waals surface area contributed by atoms with E-state index in [1.807, 2.05) is 37.3 Å². The summed E-state index contributed by atoms with van der Waals surface area (Å²) in [6.45, 7) is 2.98. The van der Waals surface area contributed by atoms with Crippen molar-refractivity contribution in [2.45, 2.75) is 69.5 Å². The summed E-state index contributed by atoms with van der Waals surface area (Å²) in [6.07, 6.45) is -4.70. The normalized spacial score (nSPS) is 24.9. The molecule has 0 aliphatic carbocycles. The summed E-state index contributed by atoms with van der Waals surface area (Å²) >= 11 is 1.65. The average molecular weight is 552 g/mol. The maximum absolute atomic E-state index is 12.6. The Balaban J connectivity index is 1.80. The van der Waals surface area contributed by atoms with Crippen molar-refractivity contribution >= 4 is 23.6 Å². The van der Waals surface area contributed by atoms with Crippen molar-refractivity contribution < 1.29 is 34.4 Å². The molecule has 1 aliphatic heterocycles. The quantitative estimate of drug-likeness (QED) is 0.200. The third-order valence-electron chi connectivity index (χ3n) is 6.04. The number of carbonyl (C=O) groups is 2. The van der Waals surface area contributed by atoms with Crippen molar-refractivity contribution in [2.24, 2.45) is 5.18 Å². The van der Waals surface area contributed by atoms with Gasteiger partial charge in [0.1, 0.15) is 24.0 Å². The zero-order valence-corrected chi connectivity index (χ0v) is 22.0. The Morgan fingerprint density at radius 2 is 2.08 bits per heavy atom. The monoisotopic (exact) mass is 551 g/mol. The lowest BCUT2D eigenvalue weighted by Gasteiger charge is -2.46. The van der Waals surface area contributed by atoms with Crippen molar-refractivity contribution in [1.82, 2.24) is 20.3 Å². The van der Waals surface area contributed by atoms with Gasteiger partial charge in [0.25, 0.3) is 5.79 Å². The van der Waals surface area contributed by atoms with Gasteiger partial charge in [-0.3, -0.25) is 9.59 Å². The molecule has 14 heteroatoms. The van der Waals surface area contributed by atoms with Gasteiger partial charge in [-0.25, -0.2) is 4.68 Å². The van der Waals surface area contributed by atoms with E-state index >= 15 is 0 Å². The molecular formula is C24H33N5O8S. The highest BCUT2D eigenvalue weighted by Gasteiger charge is 2.56. The summed E-state index contributed by atoms with van der Waals surface area (Å²) in [5.74, 6) is -2.54. The van der Waals surface area contributed by atoms with Crippen LogP contribution >= 0.6 is 11.8 Å². The molecule has 2 aromatic rings. The number of nitrogens with zero attached hydrogens (tertiary/aromatic N) is 4. The molecule has 38 heavy (non-hydrogen) atoms. The Bertz CT molecular complexity index is 1070. The molecular weight excluding hydrogens is 518 g/mol. The van der Waals surface area contributed by atoms with Crippen LogP contribution in [0.4, 0.5) is 0 Å². The zero-order valence-electron chi connectivity index (χ0n) is 21.2. The molecule has 2 heterocycles. The van der Waals surface area contributed by atoms with Crippen molar-refractivity contribution in [3.63, 3.8) is 0 Å². The molecule has 1 aromatic carbocycles. The van der Waals surface area contributed by atoms with Gasteiger partial charge in [0, 0.05) is 24.1 Å². The van der Waals surface area contributed by atoms with E-state index in [0.29, 0.717) is 12.1 Å². The average Bonchev–Trinajstić information content (AvgIpc) is 3.37. The highest BCUT2D eigenvalue weighted by molar-refractivity contribution is 7.99. The molecule has 1 fully saturated rings. The number of aliphatic hydroxyl groups is 3. The fraction of sp³-hybridized carbons (Fsp3) is 0.583. The first-order valence-electron chi connectivity index (χ1n) is 12.2. The van der Waals surface area contributed by atoms with Gasteiger partial charge in [0.2, 0.25) is 5.91 Å². The van der Waals surface area contributed by atoms with Crippen molar-refractivity contribution in [3.05, 3.63) is 41.4 Å². The van der Waals surface area contributed by atoms with E-state index in [2.05, 4.69) is 20.8 Å². The number of nitroso groups, excluding NO2 is 1. The molecule has 1 aromatic heterocycles. The van der Waals surface area contributed by atoms with Crippen LogP contribution in [-0.2, 0) is 25.6 Å². The molecule has 208 valence electrons. The third kappa shape index (κ3) is 7.42. The summed E-state index contributed by atoms with van der Waals surface area (Å²) in [5, 5.41) is 45.8. The number of nitrogens with one attached hydrogen (secondary N) is 1. The fourth-order valence-corrected chi connectivity index (χ4v) is 4.82. The van der Waals surface area contributed by atoms with Gasteiger partial charge in [0.15, 0.2) is 0 Å². The molecule has 6 atom stereocenters. The molecule has 0 saturated carbocycles. The Morgan fingerprint density at radius 3 is 2.74 bits per heavy atom. The number of carbonyl (C=O) groups excluding carboxylic acids is 2. The van der Waals surface area contributed by atoms with Crippen molar-refractivity contribution in [1.29, 1.82) is 0 Å². The number of amides is 2. The lowest BCUT2D eigenvalue weighted by Crippen LogP contribution is -2.67. The number of rotatable bonds is 13. The number of benzene rings is 1. The summed E-state index contributed by atoms with van der Waals surface area (Å²) in [5.41, 5.74) is 1.35. The second kappa shape index (κ2) is 13.9. The molecule has 1 saturated heterocycles. The van der Waals surface area contributed by atoms with Gasteiger partial charge in [-0.2, -0.15) is 11.8 Å². The smallest absolute Gasteiger partial charge is 0.345 e. The van der Waals surface area contributed by atoms with Crippen LogP contribution in [-0.4, -0.2) is 96.5 Å². The van der Waals surface area contributed by atoms with Gasteiger partial charge >= 0.3 is 5.91 Å². The minimum absolute atomic E-state index is 0.0123. The van der Waals surface area contributed by atoms with E-state index in [4.69, 9.17) is 9.47 Å². The minimum Gasteiger partial charge on any atom is -0.391 e. The molecule has 2 amide bonds. The SMILES string of the molecule is CCSCCCOC1(C(=O)N=O)CC(O)C(NC(C)=O)C(C(O)C(O)Cn2cc(-c3ccccc3)nn2)O1. The Labute approximate surface area is 223 Å². The largest absolute Gasteiger partial charge is 0.391 e. The second-order valence-corrected chi connectivity index (χ2v) is 10.3. The van der Waals surface area contributed by atoms with Crippen molar-refractivity contribution in [2.75, 3.05) is 18.1 Å². The maximum Gasteiger partial charge on any atom is 0.345 e. The van der Waals surface area contributed by atoms with Crippen LogP contribution in [0.25, 0.3) is 11.3 Å². The third-order valence-corrected chi connectivity index (χ3v) is 7.02. The van der Waals surface area contributed by atoms with Crippen LogP contribution in [0.1, 0.15) is 26.7 Å². The first kappa shape index (κ1) is 29.8. The summed E-state index contributed by atoms with van der Waals surface area (Å²) < 4.78 is 12.8. The van der Waals surface area contributed by atoms with Gasteiger partial charge in [-0.05, 0) is 17.9 Å². The number of aromatic nitrogens is 3. The number of aliphatic hydroxyl groups excluding tert-OH is 3. The lowest BCUT2D eigenvalue weighted by molar-refractivity contribution is -0.302. The molecule has 0 spiro atoms. The van der Waals surface area contributed by atoms with Gasteiger partial charge in [0.05, 0.1) is 31.5 Å². The predicted octanol–water partition coefficient (Wildman–Crippen LogP) is 0.471. The van der Waals surface area contributed by atoms with E-state index in [1.54, 1.807) is 18.0 Å². The molecule has 13 nitrogen and oxygen atoms in total. The predicted molar refractivity (Wildman–Crippen MR) is 138 cm³/mol. The van der Waals surface area contributed by atoms with Crippen LogP contribution in [0.5, 0.6) is 0 Å². The van der Waals surface area contributed by atoms with E-state index in [1.165, 1.54) is 11.6 Å². The highest BCUT2D eigenvalue weighted by Crippen LogP contribution is 2.34.